The molecule has 6 heteroatoms. The number of nitrogens with one attached hydrogen (secondary N) is 1. The van der Waals surface area contributed by atoms with Gasteiger partial charge in [0.15, 0.2) is 0 Å². The van der Waals surface area contributed by atoms with Crippen molar-refractivity contribution in [2.24, 2.45) is 7.05 Å². The maximum atomic E-state index is 12.2. The molecular weight excluding hydrogens is 270 g/mol. The topological polar surface area (TPSA) is 63.6 Å². The van der Waals surface area contributed by atoms with Gasteiger partial charge in [-0.1, -0.05) is 6.07 Å². The summed E-state index contributed by atoms with van der Waals surface area (Å²) in [7, 11) is 3.31. The molecule has 2 rings (SSSR count). The molecule has 0 bridgehead atoms. The Bertz CT molecular complexity index is 541. The number of rotatable bonds is 6. The Morgan fingerprint density at radius 1 is 1.48 bits per heavy atom. The lowest BCUT2D eigenvalue weighted by Gasteiger charge is -2.24. The average Bonchev–Trinajstić information content (AvgIpc) is 2.93. The first-order valence-electron chi connectivity index (χ1n) is 7.30. The van der Waals surface area contributed by atoms with E-state index >= 15 is 0 Å². The minimum atomic E-state index is -0.200. The highest BCUT2D eigenvalue weighted by atomic mass is 16.5. The zero-order valence-corrected chi connectivity index (χ0v) is 12.7. The molecule has 0 spiro atoms. The molecular formula is C15H23N3O3. The van der Waals surface area contributed by atoms with Crippen molar-refractivity contribution < 1.29 is 9.53 Å². The Morgan fingerprint density at radius 2 is 2.29 bits per heavy atom. The van der Waals surface area contributed by atoms with Gasteiger partial charge in [-0.15, -0.1) is 0 Å². The summed E-state index contributed by atoms with van der Waals surface area (Å²) in [4.78, 5) is 26.1. The molecule has 0 radical (unpaired) electrons. The molecule has 0 aliphatic carbocycles. The van der Waals surface area contributed by atoms with Gasteiger partial charge in [0, 0.05) is 39.4 Å². The second-order valence-electron chi connectivity index (χ2n) is 5.34. The van der Waals surface area contributed by atoms with Crippen LogP contribution in [-0.2, 0) is 11.8 Å². The van der Waals surface area contributed by atoms with E-state index in [1.54, 1.807) is 26.3 Å². The Morgan fingerprint density at radius 3 is 3.05 bits per heavy atom. The van der Waals surface area contributed by atoms with Gasteiger partial charge in [0.2, 0.25) is 0 Å². The molecule has 1 aliphatic rings. The van der Waals surface area contributed by atoms with E-state index in [4.69, 9.17) is 4.74 Å². The van der Waals surface area contributed by atoms with Crippen molar-refractivity contribution in [3.63, 3.8) is 0 Å². The van der Waals surface area contributed by atoms with Crippen LogP contribution < -0.4 is 10.9 Å². The molecule has 2 heterocycles. The summed E-state index contributed by atoms with van der Waals surface area (Å²) in [6, 6.07) is 5.07. The summed E-state index contributed by atoms with van der Waals surface area (Å²) in [5.74, 6) is -0.200. The third kappa shape index (κ3) is 3.92. The van der Waals surface area contributed by atoms with Crippen LogP contribution in [0.2, 0.25) is 0 Å². The molecule has 1 unspecified atom stereocenters. The number of carbonyl (C=O) groups is 1. The van der Waals surface area contributed by atoms with Crippen LogP contribution in [0, 0.1) is 0 Å². The standard InChI is InChI=1S/C15H23N3O3/c1-17-13(6-3-7-14(17)19)15(20)16-11-12-5-4-8-18(12)9-10-21-2/h3,6-7,12H,4-5,8-11H2,1-2H3,(H,16,20). The first kappa shape index (κ1) is 15.7. The molecule has 21 heavy (non-hydrogen) atoms. The van der Waals surface area contributed by atoms with Crippen molar-refractivity contribution in [3.8, 4) is 0 Å². The average molecular weight is 293 g/mol. The van der Waals surface area contributed by atoms with Gasteiger partial charge in [0.1, 0.15) is 5.69 Å². The van der Waals surface area contributed by atoms with E-state index in [0.29, 0.717) is 24.9 Å². The van der Waals surface area contributed by atoms with Crippen molar-refractivity contribution in [1.29, 1.82) is 0 Å². The number of nitrogens with zero attached hydrogens (tertiary/aromatic N) is 2. The first-order valence-corrected chi connectivity index (χ1v) is 7.30. The Labute approximate surface area is 124 Å². The Kier molecular flexibility index (Phi) is 5.52. The predicted octanol–water partition coefficient (Wildman–Crippen LogP) is 0.226. The molecule has 0 saturated carbocycles. The lowest BCUT2D eigenvalue weighted by Crippen LogP contribution is -2.42. The third-order valence-electron chi connectivity index (χ3n) is 4.00. The van der Waals surface area contributed by atoms with E-state index in [0.717, 1.165) is 25.9 Å². The van der Waals surface area contributed by atoms with Crippen molar-refractivity contribution >= 4 is 5.91 Å². The van der Waals surface area contributed by atoms with Gasteiger partial charge < -0.3 is 14.6 Å². The van der Waals surface area contributed by atoms with Gasteiger partial charge in [0.25, 0.3) is 11.5 Å². The van der Waals surface area contributed by atoms with Crippen LogP contribution in [0.3, 0.4) is 0 Å². The summed E-state index contributed by atoms with van der Waals surface area (Å²) in [6.45, 7) is 3.25. The molecule has 6 nitrogen and oxygen atoms in total. The van der Waals surface area contributed by atoms with Crippen LogP contribution in [-0.4, -0.2) is 54.8 Å². The second-order valence-corrected chi connectivity index (χ2v) is 5.34. The van der Waals surface area contributed by atoms with Crippen LogP contribution in [0.25, 0.3) is 0 Å². The van der Waals surface area contributed by atoms with Crippen molar-refractivity contribution in [2.75, 3.05) is 33.4 Å². The quantitative estimate of drug-likeness (QED) is 0.815. The van der Waals surface area contributed by atoms with E-state index in [2.05, 4.69) is 10.2 Å². The fraction of sp³-hybridized carbons (Fsp3) is 0.600. The van der Waals surface area contributed by atoms with Gasteiger partial charge in [-0.2, -0.15) is 0 Å². The van der Waals surface area contributed by atoms with Gasteiger partial charge in [0.05, 0.1) is 6.61 Å². The van der Waals surface area contributed by atoms with E-state index in [-0.39, 0.29) is 11.5 Å². The molecule has 116 valence electrons. The molecule has 0 aromatic carbocycles. The highest BCUT2D eigenvalue weighted by Gasteiger charge is 2.24. The number of likely N-dealkylation sites (tertiary alicyclic amines) is 1. The van der Waals surface area contributed by atoms with Crippen LogP contribution in [0.5, 0.6) is 0 Å². The van der Waals surface area contributed by atoms with Gasteiger partial charge in [-0.05, 0) is 25.5 Å². The third-order valence-corrected chi connectivity index (χ3v) is 4.00. The fourth-order valence-corrected chi connectivity index (χ4v) is 2.72. The second kappa shape index (κ2) is 7.38. The molecule has 1 fully saturated rings. The Balaban J connectivity index is 1.91. The zero-order valence-electron chi connectivity index (χ0n) is 12.7. The number of ether oxygens (including phenoxy) is 1. The monoisotopic (exact) mass is 293 g/mol. The van der Waals surface area contributed by atoms with Crippen molar-refractivity contribution in [1.82, 2.24) is 14.8 Å². The van der Waals surface area contributed by atoms with E-state index in [1.807, 2.05) is 0 Å². The number of carbonyl (C=O) groups excluding carboxylic acids is 1. The number of hydrogen-bond donors (Lipinski definition) is 1. The van der Waals surface area contributed by atoms with Crippen LogP contribution >= 0.6 is 0 Å². The summed E-state index contributed by atoms with van der Waals surface area (Å²) in [5, 5.41) is 2.93. The number of hydrogen-bond acceptors (Lipinski definition) is 4. The molecule has 1 aromatic heterocycles. The molecule has 1 amide bonds. The smallest absolute Gasteiger partial charge is 0.268 e. The molecule has 1 aliphatic heterocycles. The fourth-order valence-electron chi connectivity index (χ4n) is 2.72. The first-order chi connectivity index (χ1) is 10.1. The number of amides is 1. The SMILES string of the molecule is COCCN1CCCC1CNC(=O)c1cccc(=O)n1C. The van der Waals surface area contributed by atoms with Gasteiger partial charge in [-0.25, -0.2) is 0 Å². The molecule has 1 atom stereocenters. The summed E-state index contributed by atoms with van der Waals surface area (Å²) in [6.07, 6.45) is 2.23. The summed E-state index contributed by atoms with van der Waals surface area (Å²) in [5.41, 5.74) is 0.217. The molecule has 1 saturated heterocycles. The number of aromatic nitrogens is 1. The van der Waals surface area contributed by atoms with Crippen LogP contribution in [0.4, 0.5) is 0 Å². The van der Waals surface area contributed by atoms with E-state index < -0.39 is 0 Å². The highest BCUT2D eigenvalue weighted by molar-refractivity contribution is 5.92. The summed E-state index contributed by atoms with van der Waals surface area (Å²) < 4.78 is 6.48. The normalized spacial score (nSPS) is 18.9. The summed E-state index contributed by atoms with van der Waals surface area (Å²) >= 11 is 0. The number of pyridine rings is 1. The maximum Gasteiger partial charge on any atom is 0.268 e. The lowest BCUT2D eigenvalue weighted by atomic mass is 10.2. The maximum absolute atomic E-state index is 12.2. The minimum Gasteiger partial charge on any atom is -0.383 e. The van der Waals surface area contributed by atoms with Gasteiger partial charge in [-0.3, -0.25) is 14.5 Å². The lowest BCUT2D eigenvalue weighted by molar-refractivity contribution is 0.0923. The zero-order chi connectivity index (χ0) is 15.2. The predicted molar refractivity (Wildman–Crippen MR) is 80.5 cm³/mol. The highest BCUT2D eigenvalue weighted by Crippen LogP contribution is 2.15. The largest absolute Gasteiger partial charge is 0.383 e. The van der Waals surface area contributed by atoms with Crippen molar-refractivity contribution in [3.05, 3.63) is 34.2 Å². The minimum absolute atomic E-state index is 0.176. The van der Waals surface area contributed by atoms with Crippen LogP contribution in [0.15, 0.2) is 23.0 Å². The van der Waals surface area contributed by atoms with E-state index in [1.165, 1.54) is 10.6 Å². The van der Waals surface area contributed by atoms with Gasteiger partial charge >= 0.3 is 0 Å². The number of methoxy groups -OCH3 is 1. The van der Waals surface area contributed by atoms with Crippen LogP contribution in [0.1, 0.15) is 23.3 Å². The molecule has 1 aromatic rings. The van der Waals surface area contributed by atoms with Crippen molar-refractivity contribution in [2.45, 2.75) is 18.9 Å². The molecule has 1 N–H and O–H groups in total. The Hall–Kier alpha value is -1.66. The van der Waals surface area contributed by atoms with E-state index in [9.17, 15) is 9.59 Å².